The van der Waals surface area contributed by atoms with Crippen LogP contribution in [0.1, 0.15) is 45.4 Å². The van der Waals surface area contributed by atoms with Crippen LogP contribution in [0.4, 0.5) is 0 Å². The van der Waals surface area contributed by atoms with Gasteiger partial charge in [-0.15, -0.1) is 24.0 Å². The number of nitrogens with one attached hydrogen (secondary N) is 2. The molecule has 2 amide bonds. The molecule has 0 radical (unpaired) electrons. The lowest BCUT2D eigenvalue weighted by atomic mass is 9.83. The van der Waals surface area contributed by atoms with Crippen molar-refractivity contribution in [3.63, 3.8) is 0 Å². The Hall–Kier alpha value is -1.16. The molecule has 3 fully saturated rings. The highest BCUT2D eigenvalue weighted by Crippen LogP contribution is 2.52. The van der Waals surface area contributed by atoms with E-state index in [-0.39, 0.29) is 64.9 Å². The Balaban J connectivity index is 0.00000272. The Bertz CT molecular complexity index is 690. The fourth-order valence-corrected chi connectivity index (χ4v) is 6.04. The number of carbonyl (C=O) groups excluding carboxylic acids is 2. The number of amides is 2. The summed E-state index contributed by atoms with van der Waals surface area (Å²) in [5, 5.41) is 6.77. The van der Waals surface area contributed by atoms with Crippen LogP contribution >= 0.6 is 24.0 Å². The molecule has 2 N–H and O–H groups in total. The van der Waals surface area contributed by atoms with E-state index in [1.165, 1.54) is 30.6 Å². The molecule has 8 heteroatoms. The van der Waals surface area contributed by atoms with Gasteiger partial charge in [-0.25, -0.2) is 0 Å². The molecule has 4 rings (SSSR count). The second kappa shape index (κ2) is 10.6. The fraction of sp³-hybridized carbons (Fsp3) is 0.783. The predicted octanol–water partition coefficient (Wildman–Crippen LogP) is 2.56. The van der Waals surface area contributed by atoms with E-state index in [1.807, 2.05) is 6.92 Å². The van der Waals surface area contributed by atoms with E-state index in [9.17, 15) is 9.59 Å². The maximum atomic E-state index is 12.8. The van der Waals surface area contributed by atoms with Crippen LogP contribution in [0.15, 0.2) is 17.1 Å². The minimum absolute atomic E-state index is 0. The fourth-order valence-electron chi connectivity index (χ4n) is 6.04. The zero-order valence-electron chi connectivity index (χ0n) is 18.8. The molecule has 0 aromatic heterocycles. The van der Waals surface area contributed by atoms with E-state index in [2.05, 4.69) is 27.8 Å². The summed E-state index contributed by atoms with van der Waals surface area (Å²) < 4.78 is 5.60. The van der Waals surface area contributed by atoms with Gasteiger partial charge < -0.3 is 15.4 Å². The van der Waals surface area contributed by atoms with Gasteiger partial charge in [0.15, 0.2) is 5.96 Å². The molecule has 2 bridgehead atoms. The lowest BCUT2D eigenvalue weighted by Crippen LogP contribution is -2.46. The molecule has 0 aromatic rings. The molecule has 1 heterocycles. The number of hydrogen-bond acceptors (Lipinski definition) is 4. The van der Waals surface area contributed by atoms with Crippen LogP contribution in [0.3, 0.4) is 0 Å². The number of allylic oxidation sites excluding steroid dienone is 2. The number of likely N-dealkylation sites (tertiary alicyclic amines) is 1. The molecule has 3 aliphatic carbocycles. The average molecular weight is 544 g/mol. The SMILES string of the molecule is CCOCCC1(CNC(=NC)NCCN2C(=O)C3C4C=CC(C4)C3C2=O)CCCC1.I. The van der Waals surface area contributed by atoms with Crippen LogP contribution in [-0.2, 0) is 14.3 Å². The van der Waals surface area contributed by atoms with Crippen molar-refractivity contribution in [2.24, 2.45) is 34.1 Å². The van der Waals surface area contributed by atoms with Gasteiger partial charge in [-0.1, -0.05) is 25.0 Å². The number of nitrogens with zero attached hydrogens (tertiary/aromatic N) is 2. The predicted molar refractivity (Wildman–Crippen MR) is 131 cm³/mol. The van der Waals surface area contributed by atoms with Crippen LogP contribution in [0.25, 0.3) is 0 Å². The molecular formula is C23H37IN4O3. The number of rotatable bonds is 9. The van der Waals surface area contributed by atoms with Crippen molar-refractivity contribution >= 4 is 41.8 Å². The molecule has 0 spiro atoms. The summed E-state index contributed by atoms with van der Waals surface area (Å²) in [6.07, 6.45) is 11.3. The molecule has 2 saturated carbocycles. The first-order valence-corrected chi connectivity index (χ1v) is 11.6. The molecule has 174 valence electrons. The lowest BCUT2D eigenvalue weighted by Gasteiger charge is -2.30. The zero-order valence-corrected chi connectivity index (χ0v) is 21.1. The number of aliphatic imine (C=N–C) groups is 1. The summed E-state index contributed by atoms with van der Waals surface area (Å²) in [5.41, 5.74) is 0.275. The number of carbonyl (C=O) groups is 2. The van der Waals surface area contributed by atoms with Gasteiger partial charge in [-0.3, -0.25) is 19.5 Å². The Kier molecular flexibility index (Phi) is 8.40. The lowest BCUT2D eigenvalue weighted by molar-refractivity contribution is -0.140. The third-order valence-corrected chi connectivity index (χ3v) is 7.69. The molecule has 4 unspecified atom stereocenters. The van der Waals surface area contributed by atoms with E-state index in [0.29, 0.717) is 13.1 Å². The smallest absolute Gasteiger partial charge is 0.233 e. The number of imide groups is 1. The zero-order chi connectivity index (χ0) is 21.1. The van der Waals surface area contributed by atoms with E-state index in [4.69, 9.17) is 4.74 Å². The molecule has 7 nitrogen and oxygen atoms in total. The summed E-state index contributed by atoms with van der Waals surface area (Å²) in [6, 6.07) is 0. The summed E-state index contributed by atoms with van der Waals surface area (Å²) in [5.74, 6) is 1.08. The van der Waals surface area contributed by atoms with Crippen LogP contribution in [0.2, 0.25) is 0 Å². The van der Waals surface area contributed by atoms with Crippen LogP contribution < -0.4 is 10.6 Å². The molecule has 0 aromatic carbocycles. The summed E-state index contributed by atoms with van der Waals surface area (Å²) in [4.78, 5) is 31.4. The van der Waals surface area contributed by atoms with Crippen molar-refractivity contribution in [3.8, 4) is 0 Å². The van der Waals surface area contributed by atoms with Crippen LogP contribution in [0, 0.1) is 29.1 Å². The maximum absolute atomic E-state index is 12.8. The minimum Gasteiger partial charge on any atom is -0.382 e. The van der Waals surface area contributed by atoms with Gasteiger partial charge in [-0.2, -0.15) is 0 Å². The molecule has 4 atom stereocenters. The average Bonchev–Trinajstić information content (AvgIpc) is 3.52. The molecule has 1 saturated heterocycles. The molecule has 4 aliphatic rings. The topological polar surface area (TPSA) is 83.0 Å². The number of guanidine groups is 1. The summed E-state index contributed by atoms with van der Waals surface area (Å²) >= 11 is 0. The highest BCUT2D eigenvalue weighted by atomic mass is 127. The van der Waals surface area contributed by atoms with E-state index in [0.717, 1.165) is 38.6 Å². The Morgan fingerprint density at radius 1 is 1.16 bits per heavy atom. The first-order valence-electron chi connectivity index (χ1n) is 11.6. The van der Waals surface area contributed by atoms with Crippen molar-refractivity contribution in [2.75, 3.05) is 39.9 Å². The molecule has 1 aliphatic heterocycles. The van der Waals surface area contributed by atoms with E-state index >= 15 is 0 Å². The van der Waals surface area contributed by atoms with Gasteiger partial charge in [0.1, 0.15) is 0 Å². The Morgan fingerprint density at radius 2 is 1.81 bits per heavy atom. The van der Waals surface area contributed by atoms with Crippen molar-refractivity contribution in [3.05, 3.63) is 12.2 Å². The Labute approximate surface area is 202 Å². The largest absolute Gasteiger partial charge is 0.382 e. The monoisotopic (exact) mass is 544 g/mol. The van der Waals surface area contributed by atoms with Crippen molar-refractivity contribution in [1.82, 2.24) is 15.5 Å². The maximum Gasteiger partial charge on any atom is 0.233 e. The van der Waals surface area contributed by atoms with Crippen LogP contribution in [-0.4, -0.2) is 62.6 Å². The van der Waals surface area contributed by atoms with E-state index in [1.54, 1.807) is 7.05 Å². The summed E-state index contributed by atoms with van der Waals surface area (Å²) in [6.45, 7) is 5.41. The van der Waals surface area contributed by atoms with Crippen molar-refractivity contribution < 1.29 is 14.3 Å². The van der Waals surface area contributed by atoms with Gasteiger partial charge in [0, 0.05) is 39.9 Å². The first kappa shape index (κ1) is 24.5. The van der Waals surface area contributed by atoms with Crippen LogP contribution in [0.5, 0.6) is 0 Å². The summed E-state index contributed by atoms with van der Waals surface area (Å²) in [7, 11) is 1.76. The van der Waals surface area contributed by atoms with Crippen molar-refractivity contribution in [1.29, 1.82) is 0 Å². The quantitative estimate of drug-likeness (QED) is 0.117. The molecular weight excluding hydrogens is 507 g/mol. The van der Waals surface area contributed by atoms with Gasteiger partial charge in [0.25, 0.3) is 0 Å². The third-order valence-electron chi connectivity index (χ3n) is 7.69. The van der Waals surface area contributed by atoms with Gasteiger partial charge in [0.05, 0.1) is 11.8 Å². The highest BCUT2D eigenvalue weighted by molar-refractivity contribution is 14.0. The van der Waals surface area contributed by atoms with Gasteiger partial charge in [0.2, 0.25) is 11.8 Å². The number of fused-ring (bicyclic) bond motifs is 5. The number of hydrogen-bond donors (Lipinski definition) is 2. The standard InChI is InChI=1S/C23H36N4O3.HI/c1-3-30-13-10-23(8-4-5-9-23)15-26-22(24-2)25-11-12-27-20(28)18-16-6-7-17(14-16)19(18)21(27)29;/h6-7,16-19H,3-5,8-15H2,1-2H3,(H2,24,25,26);1H. The first-order chi connectivity index (χ1) is 14.6. The Morgan fingerprint density at radius 3 is 2.39 bits per heavy atom. The minimum atomic E-state index is -0.113. The van der Waals surface area contributed by atoms with Gasteiger partial charge >= 0.3 is 0 Å². The third kappa shape index (κ3) is 4.94. The second-order valence-corrected chi connectivity index (χ2v) is 9.33. The number of ether oxygens (including phenoxy) is 1. The van der Waals surface area contributed by atoms with E-state index < -0.39 is 0 Å². The molecule has 31 heavy (non-hydrogen) atoms. The van der Waals surface area contributed by atoms with Gasteiger partial charge in [-0.05, 0) is 49.9 Å². The normalized spacial score (nSPS) is 30.6. The number of halogens is 1. The van der Waals surface area contributed by atoms with Crippen molar-refractivity contribution in [2.45, 2.75) is 45.4 Å². The second-order valence-electron chi connectivity index (χ2n) is 9.33. The highest BCUT2D eigenvalue weighted by Gasteiger charge is 2.58.